The van der Waals surface area contributed by atoms with E-state index in [9.17, 15) is 13.2 Å². The van der Waals surface area contributed by atoms with Crippen molar-refractivity contribution >= 4 is 0 Å². The zero-order valence-corrected chi connectivity index (χ0v) is 4.29. The molecule has 0 N–H and O–H groups in total. The second kappa shape index (κ2) is 2.09. The summed E-state index contributed by atoms with van der Waals surface area (Å²) in [6.45, 7) is 0. The van der Waals surface area contributed by atoms with Crippen molar-refractivity contribution in [3.63, 3.8) is 0 Å². The predicted octanol–water partition coefficient (Wildman–Crippen LogP) is 2.10. The molecule has 0 spiro atoms. The Morgan fingerprint density at radius 2 is 1.44 bits per heavy atom. The van der Waals surface area contributed by atoms with E-state index in [1.165, 1.54) is 0 Å². The maximum Gasteiger partial charge on any atom is 0.129 e. The molecule has 1 rings (SSSR count). The van der Waals surface area contributed by atoms with Gasteiger partial charge in [-0.2, -0.15) is 0 Å². The maximum absolute atomic E-state index is 12.2. The van der Waals surface area contributed by atoms with Crippen LogP contribution in [-0.2, 0) is 0 Å². The minimum absolute atomic E-state index is 0.464. The van der Waals surface area contributed by atoms with Gasteiger partial charge in [-0.3, -0.25) is 0 Å². The highest BCUT2D eigenvalue weighted by Crippen LogP contribution is 2.04. The standard InChI is InChI=1S/C6H3F3/c7-4-1-5(8)3-6(9)2-4/h1-3H/i1D. The first-order chi connectivity index (χ1) is 4.61. The molecule has 0 aliphatic rings. The number of hydrogen-bond donors (Lipinski definition) is 0. The summed E-state index contributed by atoms with van der Waals surface area (Å²) in [5.41, 5.74) is 0. The van der Waals surface area contributed by atoms with E-state index in [-0.39, 0.29) is 0 Å². The summed E-state index contributed by atoms with van der Waals surface area (Å²) in [5, 5.41) is 0. The molecule has 0 unspecified atom stereocenters. The highest BCUT2D eigenvalue weighted by molar-refractivity contribution is 5.07. The average Bonchev–Trinajstić information content (AvgIpc) is 1.82. The topological polar surface area (TPSA) is 0 Å². The van der Waals surface area contributed by atoms with Gasteiger partial charge in [0.1, 0.15) is 17.5 Å². The van der Waals surface area contributed by atoms with E-state index in [4.69, 9.17) is 1.37 Å². The molecule has 0 aromatic heterocycles. The van der Waals surface area contributed by atoms with E-state index in [1.807, 2.05) is 0 Å². The summed E-state index contributed by atoms with van der Waals surface area (Å²) in [6, 6.07) is 0.0259. The van der Waals surface area contributed by atoms with Crippen LogP contribution < -0.4 is 0 Å². The van der Waals surface area contributed by atoms with Gasteiger partial charge in [0.15, 0.2) is 0 Å². The Morgan fingerprint density at radius 3 is 1.89 bits per heavy atom. The van der Waals surface area contributed by atoms with Crippen LogP contribution in [0.15, 0.2) is 18.2 Å². The lowest BCUT2D eigenvalue weighted by molar-refractivity contribution is 0.543. The van der Waals surface area contributed by atoms with Crippen LogP contribution in [0, 0.1) is 17.5 Å². The van der Waals surface area contributed by atoms with Crippen molar-refractivity contribution in [3.8, 4) is 0 Å². The van der Waals surface area contributed by atoms with E-state index >= 15 is 0 Å². The molecule has 0 saturated carbocycles. The summed E-state index contributed by atoms with van der Waals surface area (Å²) in [5.74, 6) is -3.37. The molecule has 0 radical (unpaired) electrons. The van der Waals surface area contributed by atoms with Crippen LogP contribution in [-0.4, -0.2) is 0 Å². The normalized spacial score (nSPS) is 11.2. The second-order valence-electron chi connectivity index (χ2n) is 1.49. The highest BCUT2D eigenvalue weighted by Gasteiger charge is 1.96. The minimum Gasteiger partial charge on any atom is -0.207 e. The zero-order chi connectivity index (χ0) is 7.72. The molecule has 0 saturated heterocycles. The molecule has 1 aromatic rings. The van der Waals surface area contributed by atoms with Crippen LogP contribution in [0.1, 0.15) is 1.37 Å². The van der Waals surface area contributed by atoms with Crippen LogP contribution >= 0.6 is 0 Å². The fourth-order valence-corrected chi connectivity index (χ4v) is 0.470. The first kappa shape index (κ1) is 4.85. The third-order valence-electron chi connectivity index (χ3n) is 0.768. The van der Waals surface area contributed by atoms with Gasteiger partial charge >= 0.3 is 0 Å². The lowest BCUT2D eigenvalue weighted by atomic mass is 10.3. The Kier molecular flexibility index (Phi) is 1.13. The van der Waals surface area contributed by atoms with Gasteiger partial charge in [0.2, 0.25) is 0 Å². The molecule has 9 heavy (non-hydrogen) atoms. The van der Waals surface area contributed by atoms with Crippen molar-refractivity contribution in [2.75, 3.05) is 0 Å². The summed E-state index contributed by atoms with van der Waals surface area (Å²) < 4.78 is 43.0. The van der Waals surface area contributed by atoms with Gasteiger partial charge in [-0.05, 0) is 0 Å². The number of rotatable bonds is 0. The van der Waals surface area contributed by atoms with Gasteiger partial charge in [0, 0.05) is 18.2 Å². The Morgan fingerprint density at radius 1 is 1.00 bits per heavy atom. The molecular formula is C6H3F3. The quantitative estimate of drug-likeness (QED) is 0.508. The molecule has 0 fully saturated rings. The molecule has 0 aliphatic heterocycles. The molecule has 0 aliphatic carbocycles. The molecule has 0 heterocycles. The van der Waals surface area contributed by atoms with E-state index in [1.54, 1.807) is 0 Å². The van der Waals surface area contributed by atoms with Gasteiger partial charge in [0.05, 0.1) is 1.37 Å². The van der Waals surface area contributed by atoms with Crippen LogP contribution in [0.25, 0.3) is 0 Å². The zero-order valence-electron chi connectivity index (χ0n) is 5.29. The molecule has 3 heteroatoms. The van der Waals surface area contributed by atoms with Crippen molar-refractivity contribution in [1.82, 2.24) is 0 Å². The van der Waals surface area contributed by atoms with Crippen LogP contribution in [0.5, 0.6) is 0 Å². The molecule has 1 aromatic carbocycles. The van der Waals surface area contributed by atoms with Crippen LogP contribution in [0.3, 0.4) is 0 Å². The fourth-order valence-electron chi connectivity index (χ4n) is 0.470. The third-order valence-corrected chi connectivity index (χ3v) is 0.768. The Labute approximate surface area is 51.3 Å². The maximum atomic E-state index is 12.2. The first-order valence-electron chi connectivity index (χ1n) is 2.72. The average molecular weight is 133 g/mol. The second-order valence-corrected chi connectivity index (χ2v) is 1.49. The molecule has 0 amide bonds. The lowest BCUT2D eigenvalue weighted by Crippen LogP contribution is -1.81. The Hall–Kier alpha value is -0.990. The summed E-state index contributed by atoms with van der Waals surface area (Å²) >= 11 is 0. The van der Waals surface area contributed by atoms with Crippen molar-refractivity contribution in [1.29, 1.82) is 0 Å². The lowest BCUT2D eigenvalue weighted by Gasteiger charge is -1.88. The third kappa shape index (κ3) is 1.45. The smallest absolute Gasteiger partial charge is 0.129 e. The fraction of sp³-hybridized carbons (Fsp3) is 0. The van der Waals surface area contributed by atoms with Crippen molar-refractivity contribution in [3.05, 3.63) is 35.6 Å². The van der Waals surface area contributed by atoms with E-state index in [0.29, 0.717) is 12.1 Å². The van der Waals surface area contributed by atoms with Gasteiger partial charge < -0.3 is 0 Å². The van der Waals surface area contributed by atoms with Gasteiger partial charge in [-0.25, -0.2) is 13.2 Å². The predicted molar refractivity (Wildman–Crippen MR) is 26.3 cm³/mol. The summed E-state index contributed by atoms with van der Waals surface area (Å²) in [7, 11) is 0. The van der Waals surface area contributed by atoms with Crippen LogP contribution in [0.4, 0.5) is 13.2 Å². The Balaban J connectivity index is 3.31. The number of benzene rings is 1. The molecular weight excluding hydrogens is 129 g/mol. The van der Waals surface area contributed by atoms with Crippen molar-refractivity contribution in [2.24, 2.45) is 0 Å². The largest absolute Gasteiger partial charge is 0.207 e. The first-order valence-corrected chi connectivity index (χ1v) is 2.22. The minimum atomic E-state index is -1.18. The van der Waals surface area contributed by atoms with Gasteiger partial charge in [-0.1, -0.05) is 0 Å². The molecule has 0 nitrogen and oxygen atoms in total. The van der Waals surface area contributed by atoms with Crippen molar-refractivity contribution in [2.45, 2.75) is 0 Å². The summed E-state index contributed by atoms with van der Waals surface area (Å²) in [4.78, 5) is 0. The molecule has 48 valence electrons. The van der Waals surface area contributed by atoms with Crippen molar-refractivity contribution < 1.29 is 14.5 Å². The Bertz CT molecular complexity index is 236. The molecule has 0 atom stereocenters. The van der Waals surface area contributed by atoms with E-state index < -0.39 is 23.5 Å². The number of halogens is 3. The molecule has 0 bridgehead atoms. The number of hydrogen-bond acceptors (Lipinski definition) is 0. The van der Waals surface area contributed by atoms with E-state index in [0.717, 1.165) is 0 Å². The highest BCUT2D eigenvalue weighted by atomic mass is 19.1. The van der Waals surface area contributed by atoms with Gasteiger partial charge in [-0.15, -0.1) is 0 Å². The SMILES string of the molecule is [2H]c1c(F)cc(F)cc1F. The summed E-state index contributed by atoms with van der Waals surface area (Å²) in [6.07, 6.45) is 0. The van der Waals surface area contributed by atoms with Gasteiger partial charge in [0.25, 0.3) is 0 Å². The van der Waals surface area contributed by atoms with E-state index in [2.05, 4.69) is 0 Å². The van der Waals surface area contributed by atoms with Crippen LogP contribution in [0.2, 0.25) is 0 Å². The monoisotopic (exact) mass is 133 g/mol.